The Kier molecular flexibility index (Phi) is 4.78. The van der Waals surface area contributed by atoms with Crippen LogP contribution in [0.4, 0.5) is 0 Å². The summed E-state index contributed by atoms with van der Waals surface area (Å²) in [7, 11) is 1.98. The molecule has 1 aromatic heterocycles. The minimum absolute atomic E-state index is 0.0113. The van der Waals surface area contributed by atoms with Gasteiger partial charge in [0.05, 0.1) is 10.6 Å². The van der Waals surface area contributed by atoms with Gasteiger partial charge in [0.1, 0.15) is 0 Å². The molecule has 1 atom stereocenters. The molecule has 5 heteroatoms. The van der Waals surface area contributed by atoms with Crippen molar-refractivity contribution >= 4 is 23.1 Å². The second-order valence-electron chi connectivity index (χ2n) is 5.91. The summed E-state index contributed by atoms with van der Waals surface area (Å²) >= 11 is 7.41. The quantitative estimate of drug-likeness (QED) is 0.928. The Hall–Kier alpha value is -0.970. The van der Waals surface area contributed by atoms with Gasteiger partial charge in [0.15, 0.2) is 0 Å². The van der Waals surface area contributed by atoms with Gasteiger partial charge in [0.25, 0.3) is 0 Å². The van der Waals surface area contributed by atoms with Crippen molar-refractivity contribution in [3.05, 3.63) is 45.4 Å². The number of nitrogens with zero attached hydrogens (tertiary/aromatic N) is 2. The maximum atomic E-state index is 5.93. The molecule has 0 aliphatic rings. The van der Waals surface area contributed by atoms with Crippen molar-refractivity contribution in [3.63, 3.8) is 0 Å². The van der Waals surface area contributed by atoms with Gasteiger partial charge in [-0.1, -0.05) is 49.0 Å². The van der Waals surface area contributed by atoms with Crippen molar-refractivity contribution in [1.29, 1.82) is 0 Å². The lowest BCUT2D eigenvalue weighted by atomic mass is 9.89. The van der Waals surface area contributed by atoms with Gasteiger partial charge in [-0.25, -0.2) is 0 Å². The maximum Gasteiger partial charge on any atom is 0.0857 e. The first-order valence-electron chi connectivity index (χ1n) is 6.66. The highest BCUT2D eigenvalue weighted by Crippen LogP contribution is 2.31. The minimum Gasteiger partial charge on any atom is -0.312 e. The molecule has 2 rings (SSSR count). The summed E-state index contributed by atoms with van der Waals surface area (Å²) in [5, 5.41) is 8.47. The average Bonchev–Trinajstić information content (AvgIpc) is 2.87. The second kappa shape index (κ2) is 6.20. The molecule has 20 heavy (non-hydrogen) atoms. The number of likely N-dealkylation sites (N-methyl/N-ethyl adjacent to an activating group) is 1. The molecule has 0 aliphatic carbocycles. The monoisotopic (exact) mass is 309 g/mol. The first-order valence-corrected chi connectivity index (χ1v) is 7.81. The van der Waals surface area contributed by atoms with Gasteiger partial charge in [-0.2, -0.15) is 0 Å². The molecule has 1 N–H and O–H groups in total. The fraction of sp³-hybridized carbons (Fsp3) is 0.467. The lowest BCUT2D eigenvalue weighted by Gasteiger charge is -2.21. The van der Waals surface area contributed by atoms with Crippen molar-refractivity contribution in [3.8, 4) is 0 Å². The van der Waals surface area contributed by atoms with Crippen LogP contribution in [0.1, 0.15) is 42.9 Å². The topological polar surface area (TPSA) is 37.8 Å². The third-order valence-corrected chi connectivity index (χ3v) is 4.33. The highest BCUT2D eigenvalue weighted by Gasteiger charge is 2.26. The fourth-order valence-electron chi connectivity index (χ4n) is 2.13. The van der Waals surface area contributed by atoms with Crippen LogP contribution < -0.4 is 5.32 Å². The summed E-state index contributed by atoms with van der Waals surface area (Å²) in [5.41, 5.74) is 2.34. The normalized spacial score (nSPS) is 13.4. The first kappa shape index (κ1) is 15.4. The number of aromatic nitrogens is 2. The minimum atomic E-state index is 0.0113. The van der Waals surface area contributed by atoms with Crippen LogP contribution in [-0.2, 0) is 11.8 Å². The van der Waals surface area contributed by atoms with Gasteiger partial charge in [0, 0.05) is 16.5 Å². The third-order valence-electron chi connectivity index (χ3n) is 3.24. The number of nitrogens with one attached hydrogen (secondary N) is 1. The number of hydrogen-bond donors (Lipinski definition) is 1. The summed E-state index contributed by atoms with van der Waals surface area (Å²) in [5.74, 6) is 0. The predicted molar refractivity (Wildman–Crippen MR) is 85.6 cm³/mol. The largest absolute Gasteiger partial charge is 0.312 e. The first-order chi connectivity index (χ1) is 9.41. The van der Waals surface area contributed by atoms with Crippen molar-refractivity contribution in [1.82, 2.24) is 14.9 Å². The molecule has 3 nitrogen and oxygen atoms in total. The van der Waals surface area contributed by atoms with Crippen LogP contribution >= 0.6 is 23.1 Å². The molecular formula is C15H20ClN3S. The van der Waals surface area contributed by atoms with Gasteiger partial charge in [-0.3, -0.25) is 0 Å². The molecule has 0 amide bonds. The van der Waals surface area contributed by atoms with Gasteiger partial charge >= 0.3 is 0 Å². The predicted octanol–water partition coefficient (Wildman–Crippen LogP) is 3.99. The smallest absolute Gasteiger partial charge is 0.0857 e. The van der Waals surface area contributed by atoms with Gasteiger partial charge in [-0.15, -0.1) is 5.10 Å². The Morgan fingerprint density at radius 2 is 1.90 bits per heavy atom. The number of benzene rings is 1. The van der Waals surface area contributed by atoms with Crippen LogP contribution in [0.25, 0.3) is 0 Å². The van der Waals surface area contributed by atoms with E-state index < -0.39 is 0 Å². The Morgan fingerprint density at radius 3 is 2.45 bits per heavy atom. The van der Waals surface area contributed by atoms with E-state index in [9.17, 15) is 0 Å². The number of halogens is 1. The lowest BCUT2D eigenvalue weighted by molar-refractivity contribution is 0.530. The fourth-order valence-corrected chi connectivity index (χ4v) is 3.23. The van der Waals surface area contributed by atoms with Crippen LogP contribution in [0.5, 0.6) is 0 Å². The highest BCUT2D eigenvalue weighted by atomic mass is 35.5. The van der Waals surface area contributed by atoms with Crippen molar-refractivity contribution < 1.29 is 0 Å². The van der Waals surface area contributed by atoms with E-state index >= 15 is 0 Å². The number of hydrogen-bond acceptors (Lipinski definition) is 4. The van der Waals surface area contributed by atoms with Crippen LogP contribution in [0, 0.1) is 0 Å². The van der Waals surface area contributed by atoms with E-state index in [-0.39, 0.29) is 11.5 Å². The zero-order valence-electron chi connectivity index (χ0n) is 12.3. The third kappa shape index (κ3) is 3.57. The van der Waals surface area contributed by atoms with Gasteiger partial charge in [0.2, 0.25) is 0 Å². The molecule has 1 heterocycles. The van der Waals surface area contributed by atoms with E-state index in [0.29, 0.717) is 0 Å². The van der Waals surface area contributed by atoms with E-state index in [4.69, 9.17) is 11.6 Å². The zero-order valence-corrected chi connectivity index (χ0v) is 13.8. The molecule has 2 aromatic rings. The number of rotatable bonds is 4. The average molecular weight is 310 g/mol. The summed E-state index contributed by atoms with van der Waals surface area (Å²) < 4.78 is 4.14. The summed E-state index contributed by atoms with van der Waals surface area (Å²) in [6.45, 7) is 6.51. The summed E-state index contributed by atoms with van der Waals surface area (Å²) in [6, 6.07) is 8.22. The van der Waals surface area contributed by atoms with Crippen LogP contribution in [-0.4, -0.2) is 16.6 Å². The van der Waals surface area contributed by atoms with Crippen LogP contribution in [0.3, 0.4) is 0 Å². The molecular weight excluding hydrogens is 290 g/mol. The molecule has 1 unspecified atom stereocenters. The molecule has 0 saturated carbocycles. The Morgan fingerprint density at radius 1 is 1.25 bits per heavy atom. The van der Waals surface area contributed by atoms with E-state index in [1.807, 2.05) is 19.2 Å². The molecule has 0 spiro atoms. The Labute approximate surface area is 129 Å². The molecule has 0 aliphatic heterocycles. The van der Waals surface area contributed by atoms with Crippen molar-refractivity contribution in [2.75, 3.05) is 7.05 Å². The second-order valence-corrected chi connectivity index (χ2v) is 7.13. The van der Waals surface area contributed by atoms with Gasteiger partial charge < -0.3 is 5.32 Å². The van der Waals surface area contributed by atoms with E-state index in [1.54, 1.807) is 0 Å². The van der Waals surface area contributed by atoms with E-state index in [0.717, 1.165) is 17.1 Å². The molecule has 0 saturated heterocycles. The summed E-state index contributed by atoms with van der Waals surface area (Å²) in [6.07, 6.45) is 0.903. The van der Waals surface area contributed by atoms with Crippen molar-refractivity contribution in [2.24, 2.45) is 0 Å². The highest BCUT2D eigenvalue weighted by molar-refractivity contribution is 7.05. The molecule has 0 bridgehead atoms. The summed E-state index contributed by atoms with van der Waals surface area (Å²) in [4.78, 5) is 1.22. The van der Waals surface area contributed by atoms with E-state index in [1.165, 1.54) is 22.0 Å². The molecule has 0 fully saturated rings. The zero-order chi connectivity index (χ0) is 14.8. The van der Waals surface area contributed by atoms with Crippen LogP contribution in [0.15, 0.2) is 24.3 Å². The SMILES string of the molecule is CNC(Cc1ccc(Cl)cc1)c1snnc1C(C)(C)C. The Balaban J connectivity index is 2.25. The lowest BCUT2D eigenvalue weighted by Crippen LogP contribution is -2.23. The Bertz CT molecular complexity index is 557. The molecule has 108 valence electrons. The molecule has 0 radical (unpaired) electrons. The molecule has 1 aromatic carbocycles. The van der Waals surface area contributed by atoms with E-state index in [2.05, 4.69) is 47.8 Å². The standard InChI is InChI=1S/C15H20ClN3S/c1-15(2,3)14-13(20-19-18-14)12(17-4)9-10-5-7-11(16)8-6-10/h5-8,12,17H,9H2,1-4H3. The maximum absolute atomic E-state index is 5.93. The van der Waals surface area contributed by atoms with Gasteiger partial charge in [-0.05, 0) is 42.7 Å². The van der Waals surface area contributed by atoms with Crippen LogP contribution in [0.2, 0.25) is 5.02 Å². The van der Waals surface area contributed by atoms with Crippen molar-refractivity contribution in [2.45, 2.75) is 38.6 Å².